The fraction of sp³-hybridized carbons (Fsp3) is 0.700. The molecule has 0 aromatic carbocycles. The molecule has 0 fully saturated rings. The van der Waals surface area contributed by atoms with Gasteiger partial charge < -0.3 is 9.22 Å². The van der Waals surface area contributed by atoms with E-state index in [9.17, 15) is 4.79 Å². The number of nitrogens with zero attached hydrogens (tertiary/aromatic N) is 1. The van der Waals surface area contributed by atoms with Crippen LogP contribution in [0, 0.1) is 0 Å². The number of quaternary nitrogens is 1. The molecule has 3 nitrogen and oxygen atoms in total. The molecule has 0 atom stereocenters. The van der Waals surface area contributed by atoms with Crippen molar-refractivity contribution >= 4 is 5.97 Å². The number of carbonyl (C=O) groups is 1. The van der Waals surface area contributed by atoms with Gasteiger partial charge in [-0.05, 0) is 6.92 Å². The van der Waals surface area contributed by atoms with Crippen LogP contribution in [-0.4, -0.2) is 44.2 Å². The van der Waals surface area contributed by atoms with Gasteiger partial charge >= 0.3 is 5.97 Å². The van der Waals surface area contributed by atoms with E-state index in [1.165, 1.54) is 6.08 Å². The Labute approximate surface area is 80.6 Å². The topological polar surface area (TPSA) is 26.3 Å². The van der Waals surface area contributed by atoms with Gasteiger partial charge in [-0.3, -0.25) is 0 Å². The Morgan fingerprint density at radius 3 is 2.62 bits per heavy atom. The average molecular weight is 186 g/mol. The average Bonchev–Trinajstić information content (AvgIpc) is 2.12. The van der Waals surface area contributed by atoms with Gasteiger partial charge in [0, 0.05) is 12.5 Å². The minimum atomic E-state index is -0.332. The standard InChI is InChI=1S/C10H20NO2/c1-5-10(12)13-9-7-8-11(3,4)6-2/h5H,1,6-9H2,2-4H3/q+1. The van der Waals surface area contributed by atoms with Crippen LogP contribution >= 0.6 is 0 Å². The van der Waals surface area contributed by atoms with Crippen LogP contribution in [0.15, 0.2) is 12.7 Å². The van der Waals surface area contributed by atoms with Gasteiger partial charge in [-0.1, -0.05) is 6.58 Å². The van der Waals surface area contributed by atoms with Gasteiger partial charge in [0.1, 0.15) is 0 Å². The largest absolute Gasteiger partial charge is 0.462 e. The summed E-state index contributed by atoms with van der Waals surface area (Å²) in [5.74, 6) is -0.332. The molecule has 0 N–H and O–H groups in total. The third kappa shape index (κ3) is 6.34. The molecule has 13 heavy (non-hydrogen) atoms. The lowest BCUT2D eigenvalue weighted by molar-refractivity contribution is -0.888. The molecular formula is C10H20NO2+. The van der Waals surface area contributed by atoms with E-state index in [-0.39, 0.29) is 5.97 Å². The Bertz CT molecular complexity index is 176. The highest BCUT2D eigenvalue weighted by Gasteiger charge is 2.10. The molecule has 0 aliphatic rings. The fourth-order valence-corrected chi connectivity index (χ4v) is 0.882. The molecule has 0 saturated heterocycles. The van der Waals surface area contributed by atoms with E-state index >= 15 is 0 Å². The molecule has 76 valence electrons. The number of hydrogen-bond donors (Lipinski definition) is 0. The number of esters is 1. The van der Waals surface area contributed by atoms with Crippen molar-refractivity contribution in [3.05, 3.63) is 12.7 Å². The lowest BCUT2D eigenvalue weighted by Gasteiger charge is -2.27. The van der Waals surface area contributed by atoms with Gasteiger partial charge in [0.2, 0.25) is 0 Å². The van der Waals surface area contributed by atoms with Crippen LogP contribution in [0.1, 0.15) is 13.3 Å². The van der Waals surface area contributed by atoms with Gasteiger partial charge in [-0.25, -0.2) is 4.79 Å². The van der Waals surface area contributed by atoms with E-state index in [0.29, 0.717) is 6.61 Å². The first kappa shape index (κ1) is 12.2. The summed E-state index contributed by atoms with van der Waals surface area (Å²) in [6, 6.07) is 0. The first-order valence-electron chi connectivity index (χ1n) is 4.63. The van der Waals surface area contributed by atoms with E-state index in [1.807, 2.05) is 0 Å². The monoisotopic (exact) mass is 186 g/mol. The molecule has 0 saturated carbocycles. The Morgan fingerprint density at radius 2 is 2.15 bits per heavy atom. The zero-order valence-electron chi connectivity index (χ0n) is 8.88. The second-order valence-electron chi connectivity index (χ2n) is 3.70. The van der Waals surface area contributed by atoms with E-state index in [4.69, 9.17) is 4.74 Å². The minimum absolute atomic E-state index is 0.332. The number of rotatable bonds is 6. The lowest BCUT2D eigenvalue weighted by atomic mass is 10.3. The molecule has 0 radical (unpaired) electrons. The summed E-state index contributed by atoms with van der Waals surface area (Å²) < 4.78 is 5.83. The molecule has 0 aromatic heterocycles. The molecule has 0 unspecified atom stereocenters. The first-order chi connectivity index (χ1) is 6.02. The quantitative estimate of drug-likeness (QED) is 0.270. The second-order valence-corrected chi connectivity index (χ2v) is 3.70. The van der Waals surface area contributed by atoms with Gasteiger partial charge in [0.05, 0.1) is 33.8 Å². The van der Waals surface area contributed by atoms with Crippen molar-refractivity contribution in [2.24, 2.45) is 0 Å². The number of carbonyl (C=O) groups excluding carboxylic acids is 1. The summed E-state index contributed by atoms with van der Waals surface area (Å²) in [4.78, 5) is 10.7. The molecule has 0 aliphatic carbocycles. The number of ether oxygens (including phenoxy) is 1. The maximum atomic E-state index is 10.7. The molecule has 0 bridgehead atoms. The van der Waals surface area contributed by atoms with Crippen LogP contribution in [0.5, 0.6) is 0 Å². The summed E-state index contributed by atoms with van der Waals surface area (Å²) in [6.07, 6.45) is 2.10. The Kier molecular flexibility index (Phi) is 5.39. The molecule has 3 heteroatoms. The van der Waals surface area contributed by atoms with Crippen LogP contribution in [-0.2, 0) is 9.53 Å². The van der Waals surface area contributed by atoms with Crippen LogP contribution in [0.2, 0.25) is 0 Å². The van der Waals surface area contributed by atoms with Crippen LogP contribution < -0.4 is 0 Å². The maximum Gasteiger partial charge on any atom is 0.330 e. The maximum absolute atomic E-state index is 10.7. The van der Waals surface area contributed by atoms with Gasteiger partial charge in [0.25, 0.3) is 0 Å². The van der Waals surface area contributed by atoms with E-state index in [1.54, 1.807) is 0 Å². The van der Waals surface area contributed by atoms with Crippen molar-refractivity contribution in [2.45, 2.75) is 13.3 Å². The molecule has 0 amide bonds. The summed E-state index contributed by atoms with van der Waals surface area (Å²) >= 11 is 0. The Morgan fingerprint density at radius 1 is 1.54 bits per heavy atom. The smallest absolute Gasteiger partial charge is 0.330 e. The molecule has 0 heterocycles. The summed E-state index contributed by atoms with van der Waals surface area (Å²) in [5, 5.41) is 0. The molecule has 0 aromatic rings. The zero-order chi connectivity index (χ0) is 10.3. The minimum Gasteiger partial charge on any atom is -0.462 e. The van der Waals surface area contributed by atoms with Gasteiger partial charge in [-0.2, -0.15) is 0 Å². The second kappa shape index (κ2) is 5.75. The predicted octanol–water partition coefficient (Wildman–Crippen LogP) is 1.20. The van der Waals surface area contributed by atoms with Crippen LogP contribution in [0.25, 0.3) is 0 Å². The van der Waals surface area contributed by atoms with Crippen LogP contribution in [0.3, 0.4) is 0 Å². The molecule has 0 aliphatic heterocycles. The van der Waals surface area contributed by atoms with Crippen molar-refractivity contribution in [3.63, 3.8) is 0 Å². The Balaban J connectivity index is 3.46. The normalized spacial score (nSPS) is 11.0. The Hall–Kier alpha value is -0.830. The molecule has 0 rings (SSSR count). The zero-order valence-corrected chi connectivity index (χ0v) is 8.88. The van der Waals surface area contributed by atoms with Gasteiger partial charge in [0.15, 0.2) is 0 Å². The highest BCUT2D eigenvalue weighted by atomic mass is 16.5. The SMILES string of the molecule is C=CC(=O)OCCC[N+](C)(C)CC. The van der Waals surface area contributed by atoms with Gasteiger partial charge in [-0.15, -0.1) is 0 Å². The summed E-state index contributed by atoms with van der Waals surface area (Å²) in [6.45, 7) is 8.09. The third-order valence-corrected chi connectivity index (χ3v) is 2.17. The summed E-state index contributed by atoms with van der Waals surface area (Å²) in [7, 11) is 4.32. The summed E-state index contributed by atoms with van der Waals surface area (Å²) in [5.41, 5.74) is 0. The van der Waals surface area contributed by atoms with E-state index in [0.717, 1.165) is 24.0 Å². The first-order valence-corrected chi connectivity index (χ1v) is 4.63. The van der Waals surface area contributed by atoms with Crippen LogP contribution in [0.4, 0.5) is 0 Å². The number of hydrogen-bond acceptors (Lipinski definition) is 2. The fourth-order valence-electron chi connectivity index (χ4n) is 0.882. The van der Waals surface area contributed by atoms with Crippen molar-refractivity contribution in [3.8, 4) is 0 Å². The van der Waals surface area contributed by atoms with Crippen molar-refractivity contribution in [1.29, 1.82) is 0 Å². The highest BCUT2D eigenvalue weighted by Crippen LogP contribution is 1.98. The molecular weight excluding hydrogens is 166 g/mol. The van der Waals surface area contributed by atoms with E-state index < -0.39 is 0 Å². The third-order valence-electron chi connectivity index (χ3n) is 2.17. The molecule has 0 spiro atoms. The highest BCUT2D eigenvalue weighted by molar-refractivity contribution is 5.81. The van der Waals surface area contributed by atoms with Crippen molar-refractivity contribution < 1.29 is 14.0 Å². The predicted molar refractivity (Wildman–Crippen MR) is 53.3 cm³/mol. The lowest BCUT2D eigenvalue weighted by Crippen LogP contribution is -2.40. The van der Waals surface area contributed by atoms with Crippen molar-refractivity contribution in [2.75, 3.05) is 33.8 Å². The van der Waals surface area contributed by atoms with Crippen molar-refractivity contribution in [1.82, 2.24) is 0 Å². The van der Waals surface area contributed by atoms with E-state index in [2.05, 4.69) is 27.6 Å².